The van der Waals surface area contributed by atoms with Gasteiger partial charge in [-0.15, -0.1) is 0 Å². The smallest absolute Gasteiger partial charge is 0.330 e. The number of phenols is 1. The number of nitrogens with zero attached hydrogens (tertiary/aromatic N) is 1. The van der Waals surface area contributed by atoms with Crippen molar-refractivity contribution in [1.82, 2.24) is 4.72 Å². The Labute approximate surface area is 151 Å². The summed E-state index contributed by atoms with van der Waals surface area (Å²) in [5.41, 5.74) is 1.12. The van der Waals surface area contributed by atoms with Crippen LogP contribution in [-0.2, 0) is 26.5 Å². The number of phenolic OH excluding ortho intramolecular Hbond substituents is 1. The quantitative estimate of drug-likeness (QED) is 0.718. The fourth-order valence-electron chi connectivity index (χ4n) is 2.68. The summed E-state index contributed by atoms with van der Waals surface area (Å²) >= 11 is 0. The molecule has 138 valence electrons. The van der Waals surface area contributed by atoms with Crippen molar-refractivity contribution in [2.75, 3.05) is 10.6 Å². The molecule has 8 nitrogen and oxygen atoms in total. The Bertz CT molecular complexity index is 1110. The Hall–Kier alpha value is -2.72. The van der Waals surface area contributed by atoms with Gasteiger partial charge in [0.25, 0.3) is 0 Å². The number of aliphatic hydroxyl groups excluding tert-OH is 1. The van der Waals surface area contributed by atoms with E-state index in [1.807, 2.05) is 4.72 Å². The molecule has 0 aromatic heterocycles. The first kappa shape index (κ1) is 18.1. The first-order valence-corrected chi connectivity index (χ1v) is 10.7. The van der Waals surface area contributed by atoms with Gasteiger partial charge in [-0.05, 0) is 35.7 Å². The summed E-state index contributed by atoms with van der Waals surface area (Å²) in [5, 5.41) is 19.5. The molecular weight excluding hydrogens is 380 g/mol. The van der Waals surface area contributed by atoms with Crippen LogP contribution < -0.4 is 9.03 Å². The van der Waals surface area contributed by atoms with Gasteiger partial charge in [0.2, 0.25) is 5.88 Å². The number of anilines is 1. The zero-order valence-corrected chi connectivity index (χ0v) is 15.3. The fraction of sp³-hybridized carbons (Fsp3) is 0.125. The first-order valence-electron chi connectivity index (χ1n) is 7.41. The van der Waals surface area contributed by atoms with Crippen molar-refractivity contribution >= 4 is 25.7 Å². The molecule has 0 fully saturated rings. The van der Waals surface area contributed by atoms with Crippen LogP contribution in [0.5, 0.6) is 5.75 Å². The molecule has 0 atom stereocenters. The van der Waals surface area contributed by atoms with Crippen molar-refractivity contribution in [1.29, 1.82) is 0 Å². The summed E-state index contributed by atoms with van der Waals surface area (Å²) in [6.07, 6.45) is 2.29. The maximum absolute atomic E-state index is 11.9. The van der Waals surface area contributed by atoms with Crippen LogP contribution in [0.25, 0.3) is 0 Å². The molecule has 0 unspecified atom stereocenters. The minimum Gasteiger partial charge on any atom is -0.506 e. The minimum absolute atomic E-state index is 0.0401. The number of aliphatic hydroxyl groups is 1. The molecule has 2 aromatic rings. The van der Waals surface area contributed by atoms with Crippen LogP contribution >= 0.6 is 0 Å². The summed E-state index contributed by atoms with van der Waals surface area (Å²) in [6, 6.07) is 10.8. The first-order chi connectivity index (χ1) is 12.1. The van der Waals surface area contributed by atoms with Gasteiger partial charge in [-0.25, -0.2) is 17.4 Å². The van der Waals surface area contributed by atoms with Crippen LogP contribution in [0.2, 0.25) is 0 Å². The van der Waals surface area contributed by atoms with Gasteiger partial charge in [0.1, 0.15) is 11.4 Å². The Morgan fingerprint density at radius 3 is 2.38 bits per heavy atom. The Balaban J connectivity index is 1.96. The Kier molecular flexibility index (Phi) is 4.32. The highest BCUT2D eigenvalue weighted by atomic mass is 32.2. The van der Waals surface area contributed by atoms with E-state index >= 15 is 0 Å². The molecule has 1 heterocycles. The zero-order chi connectivity index (χ0) is 19.1. The molecule has 1 aliphatic heterocycles. The zero-order valence-electron chi connectivity index (χ0n) is 13.6. The third-order valence-electron chi connectivity index (χ3n) is 3.78. The topological polar surface area (TPSA) is 124 Å². The second kappa shape index (κ2) is 6.22. The predicted octanol–water partition coefficient (Wildman–Crippen LogP) is 1.40. The molecule has 0 aliphatic carbocycles. The number of nitrogens with one attached hydrogen (secondary N) is 1. The van der Waals surface area contributed by atoms with Crippen molar-refractivity contribution < 1.29 is 27.0 Å². The Morgan fingerprint density at radius 2 is 1.81 bits per heavy atom. The van der Waals surface area contributed by atoms with Gasteiger partial charge >= 0.3 is 10.2 Å². The highest BCUT2D eigenvalue weighted by molar-refractivity contribution is 7.91. The minimum atomic E-state index is -4.01. The highest BCUT2D eigenvalue weighted by Gasteiger charge is 2.30. The van der Waals surface area contributed by atoms with Gasteiger partial charge in [-0.3, -0.25) is 0 Å². The van der Waals surface area contributed by atoms with Crippen molar-refractivity contribution in [3.05, 3.63) is 65.7 Å². The van der Waals surface area contributed by atoms with Crippen molar-refractivity contribution in [2.24, 2.45) is 0 Å². The molecule has 0 saturated carbocycles. The number of aromatic hydroxyl groups is 1. The molecule has 0 saturated heterocycles. The number of benzene rings is 2. The molecular formula is C16H16N2O6S2. The lowest BCUT2D eigenvalue weighted by molar-refractivity contribution is 0.392. The molecule has 0 bridgehead atoms. The van der Waals surface area contributed by atoms with Crippen molar-refractivity contribution in [2.45, 2.75) is 11.3 Å². The summed E-state index contributed by atoms with van der Waals surface area (Å²) in [5.74, 6) is -0.883. The van der Waals surface area contributed by atoms with Crippen molar-refractivity contribution in [3.8, 4) is 5.75 Å². The highest BCUT2D eigenvalue weighted by Crippen LogP contribution is 2.33. The Morgan fingerprint density at radius 1 is 1.12 bits per heavy atom. The van der Waals surface area contributed by atoms with E-state index in [4.69, 9.17) is 0 Å². The summed E-state index contributed by atoms with van der Waals surface area (Å²) in [6.45, 7) is 0. The lowest BCUT2D eigenvalue weighted by Gasteiger charge is -2.16. The second-order valence-electron chi connectivity index (χ2n) is 5.80. The number of hydrogen-bond acceptors (Lipinski definition) is 6. The average molecular weight is 396 g/mol. The van der Waals surface area contributed by atoms with Gasteiger partial charge in [-0.2, -0.15) is 8.42 Å². The van der Waals surface area contributed by atoms with E-state index in [1.54, 1.807) is 24.3 Å². The van der Waals surface area contributed by atoms with Crippen LogP contribution in [0.3, 0.4) is 0 Å². The lowest BCUT2D eigenvalue weighted by Crippen LogP contribution is -2.29. The van der Waals surface area contributed by atoms with Gasteiger partial charge in [-0.1, -0.05) is 24.3 Å². The number of rotatable bonds is 4. The molecule has 0 amide bonds. The van der Waals surface area contributed by atoms with Crippen LogP contribution in [0.15, 0.2) is 59.4 Å². The van der Waals surface area contributed by atoms with E-state index in [1.165, 1.54) is 18.2 Å². The number of sulfone groups is 1. The van der Waals surface area contributed by atoms with E-state index in [-0.39, 0.29) is 22.8 Å². The van der Waals surface area contributed by atoms with E-state index < -0.39 is 25.9 Å². The summed E-state index contributed by atoms with van der Waals surface area (Å²) in [4.78, 5) is 0.197. The summed E-state index contributed by atoms with van der Waals surface area (Å²) < 4.78 is 50.1. The predicted molar refractivity (Wildman–Crippen MR) is 95.7 cm³/mol. The van der Waals surface area contributed by atoms with Gasteiger partial charge in [0.05, 0.1) is 11.1 Å². The fourth-order valence-corrected chi connectivity index (χ4v) is 4.69. The third kappa shape index (κ3) is 3.46. The standard InChI is InChI=1S/C16H16N2O6S2/c1-25(21,22)15-5-3-2-4-12(15)8-11-6-7-13(14(19)9-11)18-10-16(20)17-26(18,23)24/h2-7,9-10,17,19-20H,8H2,1H3. The van der Waals surface area contributed by atoms with Crippen molar-refractivity contribution in [3.63, 3.8) is 0 Å². The molecule has 3 N–H and O–H groups in total. The molecule has 2 aromatic carbocycles. The van der Waals surface area contributed by atoms with Gasteiger partial charge in [0, 0.05) is 6.26 Å². The molecule has 26 heavy (non-hydrogen) atoms. The average Bonchev–Trinajstić information content (AvgIpc) is 2.79. The second-order valence-corrected chi connectivity index (χ2v) is 9.33. The molecule has 0 radical (unpaired) electrons. The van der Waals surface area contributed by atoms with E-state index in [9.17, 15) is 27.0 Å². The molecule has 3 rings (SSSR count). The largest absolute Gasteiger partial charge is 0.506 e. The van der Waals surface area contributed by atoms with Crippen LogP contribution in [-0.4, -0.2) is 33.3 Å². The monoisotopic (exact) mass is 396 g/mol. The summed E-state index contributed by atoms with van der Waals surface area (Å²) in [7, 11) is -7.41. The van der Waals surface area contributed by atoms with Gasteiger partial charge in [0.15, 0.2) is 9.84 Å². The molecule has 0 spiro atoms. The maximum Gasteiger partial charge on any atom is 0.330 e. The third-order valence-corrected chi connectivity index (χ3v) is 6.26. The molecule has 10 heteroatoms. The number of hydrogen-bond donors (Lipinski definition) is 3. The van der Waals surface area contributed by atoms with E-state index in [0.717, 1.165) is 12.5 Å². The maximum atomic E-state index is 11.9. The van der Waals surface area contributed by atoms with Gasteiger partial charge < -0.3 is 10.2 Å². The van der Waals surface area contributed by atoms with E-state index in [2.05, 4.69) is 0 Å². The molecule has 1 aliphatic rings. The van der Waals surface area contributed by atoms with Crippen LogP contribution in [0.1, 0.15) is 11.1 Å². The van der Waals surface area contributed by atoms with E-state index in [0.29, 0.717) is 15.4 Å². The normalized spacial score (nSPS) is 16.2. The lowest BCUT2D eigenvalue weighted by atomic mass is 10.0. The van der Waals surface area contributed by atoms with Crippen LogP contribution in [0.4, 0.5) is 5.69 Å². The SMILES string of the molecule is CS(=O)(=O)c1ccccc1Cc1ccc(N2C=C(O)NS2(=O)=O)c(O)c1. The van der Waals surface area contributed by atoms with Crippen LogP contribution in [0, 0.1) is 0 Å².